The highest BCUT2D eigenvalue weighted by Crippen LogP contribution is 2.35. The quantitative estimate of drug-likeness (QED) is 0.380. The number of hydrogen-bond acceptors (Lipinski definition) is 0. The molecule has 0 saturated heterocycles. The van der Waals surface area contributed by atoms with E-state index in [9.17, 15) is 30.7 Å². The second kappa shape index (κ2) is 5.55. The summed E-state index contributed by atoms with van der Waals surface area (Å²) in [4.78, 5) is 0. The van der Waals surface area contributed by atoms with Crippen LogP contribution in [0.3, 0.4) is 0 Å². The number of hydrogen-bond donors (Lipinski definition) is 0. The Labute approximate surface area is 118 Å². The molecule has 0 atom stereocenters. The molecule has 0 fully saturated rings. The number of benzene rings is 2. The molecule has 21 heavy (non-hydrogen) atoms. The summed E-state index contributed by atoms with van der Waals surface area (Å²) in [5, 5.41) is -0.391. The molecular formula is C13H4ClF7. The topological polar surface area (TPSA) is 0 Å². The van der Waals surface area contributed by atoms with E-state index in [-0.39, 0.29) is 0 Å². The van der Waals surface area contributed by atoms with E-state index in [1.165, 1.54) is 0 Å². The van der Waals surface area contributed by atoms with Crippen LogP contribution in [0.25, 0.3) is 11.1 Å². The lowest BCUT2D eigenvalue weighted by molar-refractivity contribution is 0.151. The van der Waals surface area contributed by atoms with Crippen molar-refractivity contribution >= 4 is 11.6 Å². The fraction of sp³-hybridized carbons (Fsp3) is 0.0769. The van der Waals surface area contributed by atoms with Gasteiger partial charge in [0.1, 0.15) is 0 Å². The van der Waals surface area contributed by atoms with Gasteiger partial charge in [0.2, 0.25) is 5.82 Å². The molecule has 0 aliphatic heterocycles. The molecule has 2 rings (SSSR count). The highest BCUT2D eigenvalue weighted by Gasteiger charge is 2.27. The highest BCUT2D eigenvalue weighted by molar-refractivity contribution is 6.31. The molecular weight excluding hydrogens is 325 g/mol. The van der Waals surface area contributed by atoms with E-state index in [1.54, 1.807) is 0 Å². The molecule has 0 aliphatic rings. The van der Waals surface area contributed by atoms with Crippen LogP contribution >= 0.6 is 11.6 Å². The summed E-state index contributed by atoms with van der Waals surface area (Å²) in [6.07, 6.45) is -3.07. The number of alkyl halides is 2. The molecule has 0 unspecified atom stereocenters. The average Bonchev–Trinajstić information content (AvgIpc) is 2.44. The number of rotatable bonds is 2. The molecule has 0 spiro atoms. The first-order chi connectivity index (χ1) is 9.75. The lowest BCUT2D eigenvalue weighted by atomic mass is 10.0. The van der Waals surface area contributed by atoms with E-state index in [0.717, 1.165) is 12.1 Å². The van der Waals surface area contributed by atoms with Crippen LogP contribution in [0, 0.1) is 29.1 Å². The zero-order valence-corrected chi connectivity index (χ0v) is 10.6. The minimum Gasteiger partial charge on any atom is -0.205 e. The van der Waals surface area contributed by atoms with E-state index in [1.807, 2.05) is 0 Å². The minimum absolute atomic E-state index is 0.391. The van der Waals surface area contributed by atoms with E-state index >= 15 is 0 Å². The standard InChI is InChI=1S/C13H4ClF7/c14-6-2-1-4(3-5(6)13(20)21)7-8(15)10(17)12(19)11(18)9(7)16/h1-3,13H. The zero-order chi connectivity index (χ0) is 15.9. The fourth-order valence-electron chi connectivity index (χ4n) is 1.72. The van der Waals surface area contributed by atoms with Gasteiger partial charge < -0.3 is 0 Å². The molecule has 112 valence electrons. The first kappa shape index (κ1) is 15.6. The average molecular weight is 329 g/mol. The predicted octanol–water partition coefficient (Wildman–Crippen LogP) is 5.64. The van der Waals surface area contributed by atoms with Gasteiger partial charge in [-0.05, 0) is 17.7 Å². The maximum Gasteiger partial charge on any atom is 0.265 e. The summed E-state index contributed by atoms with van der Waals surface area (Å²) in [6, 6.07) is 2.34. The monoisotopic (exact) mass is 328 g/mol. The van der Waals surface area contributed by atoms with Gasteiger partial charge in [0.05, 0.1) is 5.56 Å². The first-order valence-corrected chi connectivity index (χ1v) is 5.73. The molecule has 0 aromatic heterocycles. The molecule has 8 heteroatoms. The van der Waals surface area contributed by atoms with Crippen LogP contribution in [0.1, 0.15) is 12.0 Å². The minimum atomic E-state index is -3.07. The summed E-state index contributed by atoms with van der Waals surface area (Å²) in [5.41, 5.74) is -2.66. The molecule has 0 aliphatic carbocycles. The van der Waals surface area contributed by atoms with Crippen molar-refractivity contribution in [3.8, 4) is 11.1 Å². The summed E-state index contributed by atoms with van der Waals surface area (Å²) in [7, 11) is 0. The summed E-state index contributed by atoms with van der Waals surface area (Å²) in [6.45, 7) is 0. The maximum absolute atomic E-state index is 13.6. The molecule has 0 radical (unpaired) electrons. The lowest BCUT2D eigenvalue weighted by Crippen LogP contribution is -2.04. The Morgan fingerprint density at radius 1 is 0.762 bits per heavy atom. The van der Waals surface area contributed by atoms with Crippen molar-refractivity contribution < 1.29 is 30.7 Å². The maximum atomic E-state index is 13.6. The van der Waals surface area contributed by atoms with E-state index < -0.39 is 57.2 Å². The summed E-state index contributed by atoms with van der Waals surface area (Å²) >= 11 is 5.47. The molecule has 0 nitrogen and oxygen atoms in total. The van der Waals surface area contributed by atoms with Gasteiger partial charge in [-0.15, -0.1) is 0 Å². The SMILES string of the molecule is Fc1c(F)c(F)c(-c2ccc(Cl)c(C(F)F)c2)c(F)c1F. The van der Waals surface area contributed by atoms with Gasteiger partial charge in [0.25, 0.3) is 6.43 Å². The Morgan fingerprint density at radius 2 is 1.24 bits per heavy atom. The van der Waals surface area contributed by atoms with Crippen molar-refractivity contribution in [2.75, 3.05) is 0 Å². The number of halogens is 8. The zero-order valence-electron chi connectivity index (χ0n) is 9.83. The molecule has 0 N–H and O–H groups in total. The van der Waals surface area contributed by atoms with E-state index in [2.05, 4.69) is 0 Å². The summed E-state index contributed by atoms with van der Waals surface area (Å²) < 4.78 is 91.6. The van der Waals surface area contributed by atoms with Crippen molar-refractivity contribution in [2.24, 2.45) is 0 Å². The normalized spacial score (nSPS) is 11.3. The Bertz CT molecular complexity index is 683. The highest BCUT2D eigenvalue weighted by atomic mass is 35.5. The second-order valence-corrected chi connectivity index (χ2v) is 4.39. The molecule has 2 aromatic carbocycles. The molecule has 2 aromatic rings. The van der Waals surface area contributed by atoms with Crippen LogP contribution in [0.4, 0.5) is 30.7 Å². The Morgan fingerprint density at radius 3 is 1.71 bits per heavy atom. The van der Waals surface area contributed by atoms with Gasteiger partial charge in [0, 0.05) is 10.6 Å². The summed E-state index contributed by atoms with van der Waals surface area (Å²) in [5.74, 6) is -10.8. The van der Waals surface area contributed by atoms with Crippen molar-refractivity contribution in [1.29, 1.82) is 0 Å². The van der Waals surface area contributed by atoms with Crippen LogP contribution in [-0.2, 0) is 0 Å². The van der Waals surface area contributed by atoms with Gasteiger partial charge in [-0.25, -0.2) is 30.7 Å². The molecule has 0 bridgehead atoms. The molecule has 0 heterocycles. The lowest BCUT2D eigenvalue weighted by Gasteiger charge is -2.10. The van der Waals surface area contributed by atoms with Crippen LogP contribution in [0.2, 0.25) is 5.02 Å². The smallest absolute Gasteiger partial charge is 0.205 e. The second-order valence-electron chi connectivity index (χ2n) is 3.98. The predicted molar refractivity (Wildman–Crippen MR) is 61.6 cm³/mol. The van der Waals surface area contributed by atoms with Gasteiger partial charge in [-0.3, -0.25) is 0 Å². The van der Waals surface area contributed by atoms with Crippen LogP contribution in [0.15, 0.2) is 18.2 Å². The Hall–Kier alpha value is -1.76. The molecule has 0 amide bonds. The van der Waals surface area contributed by atoms with Crippen molar-refractivity contribution in [3.05, 3.63) is 57.9 Å². The van der Waals surface area contributed by atoms with Crippen LogP contribution < -0.4 is 0 Å². The van der Waals surface area contributed by atoms with Crippen LogP contribution in [-0.4, -0.2) is 0 Å². The third-order valence-corrected chi connectivity index (χ3v) is 3.07. The van der Waals surface area contributed by atoms with E-state index in [0.29, 0.717) is 6.07 Å². The van der Waals surface area contributed by atoms with Gasteiger partial charge in [-0.2, -0.15) is 0 Å². The largest absolute Gasteiger partial charge is 0.265 e. The Balaban J connectivity index is 2.77. The van der Waals surface area contributed by atoms with Gasteiger partial charge in [-0.1, -0.05) is 17.7 Å². The van der Waals surface area contributed by atoms with Gasteiger partial charge in [0.15, 0.2) is 23.3 Å². The Kier molecular flexibility index (Phi) is 4.13. The molecule has 0 saturated carbocycles. The third-order valence-electron chi connectivity index (χ3n) is 2.73. The van der Waals surface area contributed by atoms with Crippen molar-refractivity contribution in [1.82, 2.24) is 0 Å². The van der Waals surface area contributed by atoms with Crippen molar-refractivity contribution in [3.63, 3.8) is 0 Å². The third kappa shape index (κ3) is 2.57. The van der Waals surface area contributed by atoms with Crippen molar-refractivity contribution in [2.45, 2.75) is 6.43 Å². The first-order valence-electron chi connectivity index (χ1n) is 5.35. The van der Waals surface area contributed by atoms with E-state index in [4.69, 9.17) is 11.6 Å². The van der Waals surface area contributed by atoms with Crippen LogP contribution in [0.5, 0.6) is 0 Å². The van der Waals surface area contributed by atoms with Gasteiger partial charge >= 0.3 is 0 Å². The fourth-order valence-corrected chi connectivity index (χ4v) is 1.92.